The lowest BCUT2D eigenvalue weighted by Gasteiger charge is -2.05. The van der Waals surface area contributed by atoms with Crippen LogP contribution in [0.3, 0.4) is 0 Å². The highest BCUT2D eigenvalue weighted by molar-refractivity contribution is 7.89. The normalized spacial score (nSPS) is 11.3. The largest absolute Gasteiger partial charge is 0.451 e. The number of carbonyl (C=O) groups is 1. The summed E-state index contributed by atoms with van der Waals surface area (Å²) in [7, 11) is -3.87. The lowest BCUT2D eigenvalue weighted by molar-refractivity contribution is 0.0997. The molecule has 2 aromatic carbocycles. The maximum absolute atomic E-state index is 12.3. The van der Waals surface area contributed by atoms with Gasteiger partial charge in [0.25, 0.3) is 5.91 Å². The number of amides is 1. The van der Waals surface area contributed by atoms with E-state index < -0.39 is 15.9 Å². The topological polar surface area (TPSA) is 102 Å². The second kappa shape index (κ2) is 7.13. The van der Waals surface area contributed by atoms with Crippen molar-refractivity contribution in [2.45, 2.75) is 4.90 Å². The van der Waals surface area contributed by atoms with Gasteiger partial charge in [0.1, 0.15) is 5.76 Å². The summed E-state index contributed by atoms with van der Waals surface area (Å²) in [4.78, 5) is 12.2. The molecule has 1 heterocycles. The Hall–Kier alpha value is -2.32. The summed E-state index contributed by atoms with van der Waals surface area (Å²) < 4.78 is 28.3. The summed E-state index contributed by atoms with van der Waals surface area (Å²) in [5.41, 5.74) is 0.815. The minimum absolute atomic E-state index is 0.0250. The second-order valence-electron chi connectivity index (χ2n) is 5.32. The third kappa shape index (κ3) is 4.08. The highest BCUT2D eigenvalue weighted by Crippen LogP contribution is 2.32. The number of hydrogen-bond donors (Lipinski definition) is 2. The van der Waals surface area contributed by atoms with Crippen molar-refractivity contribution in [2.24, 2.45) is 5.14 Å². The van der Waals surface area contributed by atoms with E-state index in [4.69, 9.17) is 32.8 Å². The number of carbonyl (C=O) groups excluding carboxylic acids is 1. The van der Waals surface area contributed by atoms with E-state index in [0.29, 0.717) is 21.4 Å². The number of furan rings is 1. The Morgan fingerprint density at radius 1 is 1.04 bits per heavy atom. The van der Waals surface area contributed by atoms with E-state index in [1.807, 2.05) is 0 Å². The predicted octanol–water partition coefficient (Wildman–Crippen LogP) is 4.15. The van der Waals surface area contributed by atoms with Gasteiger partial charge in [0, 0.05) is 16.3 Å². The number of benzene rings is 2. The first-order valence-corrected chi connectivity index (χ1v) is 9.54. The maximum Gasteiger partial charge on any atom is 0.291 e. The molecule has 134 valence electrons. The number of hydrogen-bond acceptors (Lipinski definition) is 4. The van der Waals surface area contributed by atoms with Crippen LogP contribution in [-0.4, -0.2) is 14.3 Å². The third-order valence-corrected chi connectivity index (χ3v) is 4.92. The van der Waals surface area contributed by atoms with Crippen molar-refractivity contribution >= 4 is 44.8 Å². The molecule has 0 aliphatic carbocycles. The fourth-order valence-electron chi connectivity index (χ4n) is 2.23. The number of anilines is 1. The molecule has 3 aromatic rings. The molecule has 3 N–H and O–H groups in total. The zero-order valence-corrected chi connectivity index (χ0v) is 15.4. The molecular weight excluding hydrogens is 399 g/mol. The van der Waals surface area contributed by atoms with Gasteiger partial charge in [-0.05, 0) is 48.5 Å². The van der Waals surface area contributed by atoms with Gasteiger partial charge in [0.15, 0.2) is 5.76 Å². The van der Waals surface area contributed by atoms with Crippen LogP contribution in [0.1, 0.15) is 10.6 Å². The van der Waals surface area contributed by atoms with E-state index in [2.05, 4.69) is 5.32 Å². The molecular formula is C17H12Cl2N2O4S. The van der Waals surface area contributed by atoms with Gasteiger partial charge in [-0.3, -0.25) is 4.79 Å². The summed E-state index contributed by atoms with van der Waals surface area (Å²) in [5.74, 6) is -0.154. The molecule has 6 nitrogen and oxygen atoms in total. The zero-order valence-electron chi connectivity index (χ0n) is 13.1. The lowest BCUT2D eigenvalue weighted by atomic mass is 10.2. The average Bonchev–Trinajstić information content (AvgIpc) is 3.06. The van der Waals surface area contributed by atoms with Gasteiger partial charge in [0.05, 0.1) is 9.92 Å². The fraction of sp³-hybridized carbons (Fsp3) is 0. The van der Waals surface area contributed by atoms with E-state index in [9.17, 15) is 13.2 Å². The first-order valence-electron chi connectivity index (χ1n) is 7.23. The van der Waals surface area contributed by atoms with Crippen molar-refractivity contribution < 1.29 is 17.6 Å². The van der Waals surface area contributed by atoms with Gasteiger partial charge < -0.3 is 9.73 Å². The van der Waals surface area contributed by atoms with Crippen LogP contribution in [0.2, 0.25) is 10.0 Å². The van der Waals surface area contributed by atoms with Crippen molar-refractivity contribution in [3.05, 3.63) is 70.4 Å². The van der Waals surface area contributed by atoms with Gasteiger partial charge in [-0.25, -0.2) is 13.6 Å². The third-order valence-electron chi connectivity index (χ3n) is 3.44. The zero-order chi connectivity index (χ0) is 18.9. The van der Waals surface area contributed by atoms with Crippen LogP contribution in [0, 0.1) is 0 Å². The first kappa shape index (κ1) is 18.5. The highest BCUT2D eigenvalue weighted by Gasteiger charge is 2.15. The van der Waals surface area contributed by atoms with Crippen LogP contribution in [-0.2, 0) is 10.0 Å². The second-order valence-corrected chi connectivity index (χ2v) is 7.72. The molecule has 9 heteroatoms. The van der Waals surface area contributed by atoms with Crippen LogP contribution in [0.5, 0.6) is 0 Å². The highest BCUT2D eigenvalue weighted by atomic mass is 35.5. The molecule has 0 atom stereocenters. The predicted molar refractivity (Wildman–Crippen MR) is 99.9 cm³/mol. The monoisotopic (exact) mass is 410 g/mol. The lowest BCUT2D eigenvalue weighted by Crippen LogP contribution is -2.14. The van der Waals surface area contributed by atoms with Crippen LogP contribution < -0.4 is 10.5 Å². The Bertz CT molecular complexity index is 1090. The van der Waals surface area contributed by atoms with E-state index in [0.717, 1.165) is 0 Å². The summed E-state index contributed by atoms with van der Waals surface area (Å²) >= 11 is 12.1. The van der Waals surface area contributed by atoms with E-state index in [1.165, 1.54) is 30.3 Å². The van der Waals surface area contributed by atoms with E-state index >= 15 is 0 Å². The van der Waals surface area contributed by atoms with Crippen LogP contribution in [0.25, 0.3) is 11.3 Å². The quantitative estimate of drug-likeness (QED) is 0.673. The molecule has 0 saturated carbocycles. The van der Waals surface area contributed by atoms with Crippen molar-refractivity contribution in [3.63, 3.8) is 0 Å². The molecule has 0 radical (unpaired) electrons. The summed E-state index contributed by atoms with van der Waals surface area (Å²) in [5, 5.41) is 8.53. The Labute approximate surface area is 159 Å². The molecule has 0 unspecified atom stereocenters. The van der Waals surface area contributed by atoms with Gasteiger partial charge >= 0.3 is 0 Å². The molecule has 26 heavy (non-hydrogen) atoms. The Balaban J connectivity index is 1.84. The SMILES string of the molecule is NS(=O)(=O)c1cccc(NC(=O)c2ccc(-c3cc(Cl)ccc3Cl)o2)c1. The molecule has 1 amide bonds. The smallest absolute Gasteiger partial charge is 0.291 e. The molecule has 3 rings (SSSR count). The molecule has 0 aliphatic heterocycles. The van der Waals surface area contributed by atoms with Crippen molar-refractivity contribution in [2.75, 3.05) is 5.32 Å². The molecule has 1 aromatic heterocycles. The van der Waals surface area contributed by atoms with Crippen molar-refractivity contribution in [3.8, 4) is 11.3 Å². The Morgan fingerprint density at radius 3 is 2.54 bits per heavy atom. The van der Waals surface area contributed by atoms with Gasteiger partial charge in [0.2, 0.25) is 10.0 Å². The Kier molecular flexibility index (Phi) is 5.06. The fourth-order valence-corrected chi connectivity index (χ4v) is 3.18. The minimum atomic E-state index is -3.87. The van der Waals surface area contributed by atoms with Gasteiger partial charge in [-0.15, -0.1) is 0 Å². The number of rotatable bonds is 4. The molecule has 0 bridgehead atoms. The first-order chi connectivity index (χ1) is 12.2. The molecule has 0 aliphatic rings. The molecule has 0 spiro atoms. The number of nitrogens with one attached hydrogen (secondary N) is 1. The summed E-state index contributed by atoms with van der Waals surface area (Å²) in [6, 6.07) is 13.5. The molecule has 0 saturated heterocycles. The standard InChI is InChI=1S/C17H12Cl2N2O4S/c18-10-4-5-14(19)13(8-10)15-6-7-16(25-15)17(22)21-11-2-1-3-12(9-11)26(20,23)24/h1-9H,(H,21,22)(H2,20,23,24). The molecule has 0 fully saturated rings. The van der Waals surface area contributed by atoms with Crippen LogP contribution in [0.4, 0.5) is 5.69 Å². The van der Waals surface area contributed by atoms with Crippen LogP contribution in [0.15, 0.2) is 63.9 Å². The van der Waals surface area contributed by atoms with Gasteiger partial charge in [-0.2, -0.15) is 0 Å². The minimum Gasteiger partial charge on any atom is -0.451 e. The van der Waals surface area contributed by atoms with Crippen molar-refractivity contribution in [1.82, 2.24) is 0 Å². The summed E-state index contributed by atoms with van der Waals surface area (Å²) in [6.07, 6.45) is 0. The average molecular weight is 411 g/mol. The van der Waals surface area contributed by atoms with Crippen LogP contribution >= 0.6 is 23.2 Å². The number of nitrogens with two attached hydrogens (primary N) is 1. The maximum atomic E-state index is 12.3. The van der Waals surface area contributed by atoms with Crippen molar-refractivity contribution in [1.29, 1.82) is 0 Å². The number of halogens is 2. The van der Waals surface area contributed by atoms with E-state index in [1.54, 1.807) is 24.3 Å². The summed E-state index contributed by atoms with van der Waals surface area (Å²) in [6.45, 7) is 0. The number of primary sulfonamides is 1. The Morgan fingerprint density at radius 2 is 1.81 bits per heavy atom. The number of sulfonamides is 1. The van der Waals surface area contributed by atoms with Gasteiger partial charge in [-0.1, -0.05) is 29.3 Å². The van der Waals surface area contributed by atoms with E-state index in [-0.39, 0.29) is 16.3 Å².